The van der Waals surface area contributed by atoms with Gasteiger partial charge in [0.25, 0.3) is 0 Å². The molecule has 0 saturated heterocycles. The SMILES string of the molecule is CCCCCCCOC(O)CCCCCCCCCN(CCO)CCCCCC(=O)OC1CCC(CCCC)CC1. The fourth-order valence-corrected chi connectivity index (χ4v) is 6.08. The van der Waals surface area contributed by atoms with Crippen LogP contribution in [0, 0.1) is 5.92 Å². The van der Waals surface area contributed by atoms with Gasteiger partial charge in [-0.3, -0.25) is 4.79 Å². The second-order valence-corrected chi connectivity index (χ2v) is 12.7. The van der Waals surface area contributed by atoms with E-state index in [1.54, 1.807) is 0 Å². The maximum absolute atomic E-state index is 12.3. The van der Waals surface area contributed by atoms with Crippen molar-refractivity contribution in [1.29, 1.82) is 0 Å². The lowest BCUT2D eigenvalue weighted by Crippen LogP contribution is -2.29. The van der Waals surface area contributed by atoms with Gasteiger partial charge in [-0.2, -0.15) is 0 Å². The minimum absolute atomic E-state index is 0.00750. The molecule has 6 heteroatoms. The van der Waals surface area contributed by atoms with Crippen molar-refractivity contribution in [3.63, 3.8) is 0 Å². The Labute approximate surface area is 254 Å². The van der Waals surface area contributed by atoms with Crippen LogP contribution in [0.1, 0.15) is 168 Å². The van der Waals surface area contributed by atoms with Crippen LogP contribution in [0.25, 0.3) is 0 Å². The van der Waals surface area contributed by atoms with E-state index in [4.69, 9.17) is 9.47 Å². The van der Waals surface area contributed by atoms with Crippen LogP contribution in [0.3, 0.4) is 0 Å². The number of hydrogen-bond acceptors (Lipinski definition) is 6. The summed E-state index contributed by atoms with van der Waals surface area (Å²) in [7, 11) is 0. The van der Waals surface area contributed by atoms with E-state index in [1.165, 1.54) is 96.3 Å². The smallest absolute Gasteiger partial charge is 0.306 e. The summed E-state index contributed by atoms with van der Waals surface area (Å²) in [4.78, 5) is 14.6. The number of rotatable bonds is 29. The molecule has 244 valence electrons. The first-order valence-corrected chi connectivity index (χ1v) is 17.9. The van der Waals surface area contributed by atoms with Crippen LogP contribution in [0.15, 0.2) is 0 Å². The first-order valence-electron chi connectivity index (χ1n) is 17.9. The molecule has 0 amide bonds. The molecule has 0 heterocycles. The summed E-state index contributed by atoms with van der Waals surface area (Å²) in [5.74, 6) is 0.838. The van der Waals surface area contributed by atoms with E-state index in [2.05, 4.69) is 18.7 Å². The molecule has 0 aliphatic heterocycles. The van der Waals surface area contributed by atoms with Crippen LogP contribution >= 0.6 is 0 Å². The lowest BCUT2D eigenvalue weighted by atomic mass is 9.84. The molecule has 0 aromatic rings. The van der Waals surface area contributed by atoms with E-state index in [-0.39, 0.29) is 18.7 Å². The highest BCUT2D eigenvalue weighted by Gasteiger charge is 2.23. The summed E-state index contributed by atoms with van der Waals surface area (Å²) < 4.78 is 11.3. The molecule has 1 fully saturated rings. The van der Waals surface area contributed by atoms with Gasteiger partial charge in [0.1, 0.15) is 6.10 Å². The number of carbonyl (C=O) groups excluding carboxylic acids is 1. The molecule has 0 aromatic heterocycles. The zero-order valence-corrected chi connectivity index (χ0v) is 27.3. The minimum Gasteiger partial charge on any atom is -0.462 e. The zero-order valence-electron chi connectivity index (χ0n) is 27.3. The average molecular weight is 584 g/mol. The Balaban J connectivity index is 1.94. The first kappa shape index (κ1) is 38.3. The molecular weight excluding hydrogens is 514 g/mol. The third-order valence-corrected chi connectivity index (χ3v) is 8.81. The summed E-state index contributed by atoms with van der Waals surface area (Å²) in [6.07, 6.45) is 26.8. The minimum atomic E-state index is -0.586. The third-order valence-electron chi connectivity index (χ3n) is 8.81. The van der Waals surface area contributed by atoms with Crippen molar-refractivity contribution < 1.29 is 24.5 Å². The highest BCUT2D eigenvalue weighted by atomic mass is 16.6. The van der Waals surface area contributed by atoms with Crippen molar-refractivity contribution in [3.05, 3.63) is 0 Å². The fraction of sp³-hybridized carbons (Fsp3) is 0.971. The predicted molar refractivity (Wildman–Crippen MR) is 171 cm³/mol. The molecular formula is C35H69NO5. The monoisotopic (exact) mass is 584 g/mol. The number of carbonyl (C=O) groups is 1. The van der Waals surface area contributed by atoms with Gasteiger partial charge in [0.15, 0.2) is 6.29 Å². The summed E-state index contributed by atoms with van der Waals surface area (Å²) in [6.45, 7) is 8.16. The zero-order chi connectivity index (χ0) is 29.8. The van der Waals surface area contributed by atoms with E-state index in [0.717, 1.165) is 76.9 Å². The Hall–Kier alpha value is -0.690. The van der Waals surface area contributed by atoms with Gasteiger partial charge < -0.3 is 24.6 Å². The van der Waals surface area contributed by atoms with Crippen LogP contribution in [0.2, 0.25) is 0 Å². The molecule has 0 radical (unpaired) electrons. The molecule has 1 rings (SSSR count). The standard InChI is InChI=1S/C35H69NO5/c1-3-5-7-13-19-31-40-34(38)21-15-11-9-8-10-12-17-27-36(29-30-37)28-18-14-16-22-35(39)41-33-25-23-32(24-26-33)20-6-4-2/h32-34,37-38H,3-31H2,1-2H3. The number of nitrogens with zero attached hydrogens (tertiary/aromatic N) is 1. The van der Waals surface area contributed by atoms with Gasteiger partial charge in [-0.1, -0.05) is 97.3 Å². The number of ether oxygens (including phenoxy) is 2. The molecule has 2 N–H and O–H groups in total. The topological polar surface area (TPSA) is 79.2 Å². The molecule has 0 spiro atoms. The van der Waals surface area contributed by atoms with Crippen molar-refractivity contribution in [2.45, 2.75) is 180 Å². The van der Waals surface area contributed by atoms with Gasteiger partial charge in [-0.25, -0.2) is 0 Å². The Morgan fingerprint density at radius 2 is 1.32 bits per heavy atom. The average Bonchev–Trinajstić information content (AvgIpc) is 2.97. The Kier molecular flexibility index (Phi) is 26.3. The number of aliphatic hydroxyl groups excluding tert-OH is 2. The summed E-state index contributed by atoms with van der Waals surface area (Å²) >= 11 is 0. The van der Waals surface area contributed by atoms with Crippen molar-refractivity contribution in [3.8, 4) is 0 Å². The quantitative estimate of drug-likeness (QED) is 0.0522. The molecule has 1 unspecified atom stereocenters. The lowest BCUT2D eigenvalue weighted by molar-refractivity contribution is -0.151. The van der Waals surface area contributed by atoms with Crippen LogP contribution in [0.5, 0.6) is 0 Å². The number of unbranched alkanes of at least 4 members (excludes halogenated alkanes) is 13. The largest absolute Gasteiger partial charge is 0.462 e. The molecule has 0 aromatic carbocycles. The van der Waals surface area contributed by atoms with Crippen molar-refractivity contribution >= 4 is 5.97 Å². The molecule has 1 saturated carbocycles. The highest BCUT2D eigenvalue weighted by Crippen LogP contribution is 2.30. The summed E-state index contributed by atoms with van der Waals surface area (Å²) in [6, 6.07) is 0. The van der Waals surface area contributed by atoms with Crippen LogP contribution in [-0.2, 0) is 14.3 Å². The molecule has 6 nitrogen and oxygen atoms in total. The maximum atomic E-state index is 12.3. The van der Waals surface area contributed by atoms with E-state index >= 15 is 0 Å². The highest BCUT2D eigenvalue weighted by molar-refractivity contribution is 5.69. The van der Waals surface area contributed by atoms with Gasteiger partial charge in [-0.15, -0.1) is 0 Å². The molecule has 0 bridgehead atoms. The third kappa shape index (κ3) is 23.4. The van der Waals surface area contributed by atoms with E-state index in [9.17, 15) is 15.0 Å². The van der Waals surface area contributed by atoms with Gasteiger partial charge in [0, 0.05) is 19.6 Å². The van der Waals surface area contributed by atoms with Crippen molar-refractivity contribution in [2.75, 3.05) is 32.8 Å². The second kappa shape index (κ2) is 28.1. The second-order valence-electron chi connectivity index (χ2n) is 12.7. The molecule has 41 heavy (non-hydrogen) atoms. The lowest BCUT2D eigenvalue weighted by Gasteiger charge is -2.28. The first-order chi connectivity index (χ1) is 20.1. The van der Waals surface area contributed by atoms with Crippen LogP contribution < -0.4 is 0 Å². The van der Waals surface area contributed by atoms with Crippen molar-refractivity contribution in [2.24, 2.45) is 5.92 Å². The Morgan fingerprint density at radius 1 is 0.732 bits per heavy atom. The molecule has 1 atom stereocenters. The Bertz CT molecular complexity index is 567. The molecule has 1 aliphatic rings. The fourth-order valence-electron chi connectivity index (χ4n) is 6.08. The predicted octanol–water partition coefficient (Wildman–Crippen LogP) is 8.56. The Morgan fingerprint density at radius 3 is 1.98 bits per heavy atom. The summed E-state index contributed by atoms with van der Waals surface area (Å²) in [5.41, 5.74) is 0. The number of hydrogen-bond donors (Lipinski definition) is 2. The van der Waals surface area contributed by atoms with Gasteiger partial charge in [0.2, 0.25) is 0 Å². The number of esters is 1. The van der Waals surface area contributed by atoms with E-state index in [0.29, 0.717) is 13.0 Å². The normalized spacial score (nSPS) is 18.2. The van der Waals surface area contributed by atoms with Crippen LogP contribution in [-0.4, -0.2) is 66.3 Å². The van der Waals surface area contributed by atoms with Crippen molar-refractivity contribution in [1.82, 2.24) is 4.90 Å². The maximum Gasteiger partial charge on any atom is 0.306 e. The number of aliphatic hydroxyl groups is 2. The van der Waals surface area contributed by atoms with Gasteiger partial charge >= 0.3 is 5.97 Å². The van der Waals surface area contributed by atoms with Crippen LogP contribution in [0.4, 0.5) is 0 Å². The molecule has 1 aliphatic carbocycles. The van der Waals surface area contributed by atoms with E-state index < -0.39 is 6.29 Å². The van der Waals surface area contributed by atoms with Gasteiger partial charge in [-0.05, 0) is 83.2 Å². The van der Waals surface area contributed by atoms with Gasteiger partial charge in [0.05, 0.1) is 6.61 Å². The summed E-state index contributed by atoms with van der Waals surface area (Å²) in [5, 5.41) is 19.4. The van der Waals surface area contributed by atoms with E-state index in [1.807, 2.05) is 0 Å².